The van der Waals surface area contributed by atoms with Gasteiger partial charge in [0.25, 0.3) is 0 Å². The maximum absolute atomic E-state index is 11.5. The monoisotopic (exact) mass is 259 g/mol. The molecule has 0 aromatic carbocycles. The van der Waals surface area contributed by atoms with Crippen LogP contribution in [-0.4, -0.2) is 53.1 Å². The lowest BCUT2D eigenvalue weighted by Crippen LogP contribution is -2.50. The van der Waals surface area contributed by atoms with E-state index < -0.39 is 23.4 Å². The van der Waals surface area contributed by atoms with Crippen molar-refractivity contribution in [1.82, 2.24) is 15.5 Å². The zero-order valence-electron chi connectivity index (χ0n) is 11.2. The average Bonchev–Trinajstić information content (AvgIpc) is 2.12. The topological polar surface area (TPSA) is 98.7 Å². The summed E-state index contributed by atoms with van der Waals surface area (Å²) in [5.74, 6) is -1.54. The van der Waals surface area contributed by atoms with Gasteiger partial charge in [-0.2, -0.15) is 0 Å². The van der Waals surface area contributed by atoms with Crippen LogP contribution in [-0.2, 0) is 9.59 Å². The standard InChI is InChI=1S/C11H21N3O4/c1-5-14(7-9(16)17)6-8(15)12-10(18)13-11(2,3)4/h5-7H2,1-4H3,(H,16,17)(H2,12,13,15,18). The Labute approximate surface area is 107 Å². The fraction of sp³-hybridized carbons (Fsp3) is 0.727. The first-order chi connectivity index (χ1) is 8.14. The number of carbonyl (C=O) groups is 3. The highest BCUT2D eigenvalue weighted by Gasteiger charge is 2.17. The van der Waals surface area contributed by atoms with Gasteiger partial charge in [0.05, 0.1) is 13.1 Å². The molecule has 0 bridgehead atoms. The van der Waals surface area contributed by atoms with Crippen LogP contribution in [0.15, 0.2) is 0 Å². The molecule has 0 aliphatic carbocycles. The van der Waals surface area contributed by atoms with Gasteiger partial charge in [-0.05, 0) is 27.3 Å². The molecule has 3 N–H and O–H groups in total. The number of carboxylic acid groups (broad SMARTS) is 1. The average molecular weight is 259 g/mol. The zero-order chi connectivity index (χ0) is 14.3. The van der Waals surface area contributed by atoms with Crippen LogP contribution in [0.5, 0.6) is 0 Å². The van der Waals surface area contributed by atoms with Gasteiger partial charge in [0.1, 0.15) is 0 Å². The SMILES string of the molecule is CCN(CC(=O)O)CC(=O)NC(=O)NC(C)(C)C. The van der Waals surface area contributed by atoms with Gasteiger partial charge in [0, 0.05) is 5.54 Å². The quantitative estimate of drug-likeness (QED) is 0.646. The predicted molar refractivity (Wildman–Crippen MR) is 66.2 cm³/mol. The van der Waals surface area contributed by atoms with Gasteiger partial charge < -0.3 is 10.4 Å². The summed E-state index contributed by atoms with van der Waals surface area (Å²) >= 11 is 0. The van der Waals surface area contributed by atoms with Crippen molar-refractivity contribution in [3.63, 3.8) is 0 Å². The molecule has 0 saturated heterocycles. The van der Waals surface area contributed by atoms with E-state index in [4.69, 9.17) is 5.11 Å². The Bertz CT molecular complexity index is 323. The number of carboxylic acids is 1. The minimum atomic E-state index is -1.01. The van der Waals surface area contributed by atoms with E-state index in [1.165, 1.54) is 4.90 Å². The van der Waals surface area contributed by atoms with E-state index in [1.54, 1.807) is 27.7 Å². The number of hydrogen-bond acceptors (Lipinski definition) is 4. The van der Waals surface area contributed by atoms with E-state index in [0.717, 1.165) is 0 Å². The number of amides is 3. The Kier molecular flexibility index (Phi) is 6.32. The van der Waals surface area contributed by atoms with Crippen LogP contribution in [0.25, 0.3) is 0 Å². The first-order valence-corrected chi connectivity index (χ1v) is 5.70. The number of nitrogens with zero attached hydrogens (tertiary/aromatic N) is 1. The summed E-state index contributed by atoms with van der Waals surface area (Å²) in [5.41, 5.74) is -0.435. The number of rotatable bonds is 5. The molecule has 0 aliphatic rings. The van der Waals surface area contributed by atoms with E-state index >= 15 is 0 Å². The summed E-state index contributed by atoms with van der Waals surface area (Å²) < 4.78 is 0. The lowest BCUT2D eigenvalue weighted by atomic mass is 10.1. The third-order valence-electron chi connectivity index (χ3n) is 1.91. The normalized spacial score (nSPS) is 11.2. The van der Waals surface area contributed by atoms with Crippen molar-refractivity contribution in [2.24, 2.45) is 0 Å². The molecular formula is C11H21N3O4. The molecule has 0 heterocycles. The second-order valence-corrected chi connectivity index (χ2v) is 4.95. The number of imide groups is 1. The summed E-state index contributed by atoms with van der Waals surface area (Å²) in [6.07, 6.45) is 0. The van der Waals surface area contributed by atoms with Crippen molar-refractivity contribution in [2.45, 2.75) is 33.2 Å². The summed E-state index contributed by atoms with van der Waals surface area (Å²) in [6.45, 7) is 7.18. The molecule has 0 spiro atoms. The molecule has 0 aromatic rings. The molecule has 0 unspecified atom stereocenters. The van der Waals surface area contributed by atoms with E-state index in [2.05, 4.69) is 10.6 Å². The smallest absolute Gasteiger partial charge is 0.321 e. The first-order valence-electron chi connectivity index (χ1n) is 5.70. The number of carbonyl (C=O) groups excluding carboxylic acids is 2. The van der Waals surface area contributed by atoms with Crippen molar-refractivity contribution >= 4 is 17.9 Å². The number of likely N-dealkylation sites (N-methyl/N-ethyl adjacent to an activating group) is 1. The Morgan fingerprint density at radius 1 is 1.17 bits per heavy atom. The maximum Gasteiger partial charge on any atom is 0.321 e. The Morgan fingerprint density at radius 2 is 1.72 bits per heavy atom. The van der Waals surface area contributed by atoms with Gasteiger partial charge in [-0.3, -0.25) is 19.8 Å². The van der Waals surface area contributed by atoms with E-state index in [1.807, 2.05) is 0 Å². The molecule has 0 aliphatic heterocycles. The lowest BCUT2D eigenvalue weighted by molar-refractivity contribution is -0.138. The first kappa shape index (κ1) is 16.4. The van der Waals surface area contributed by atoms with Crippen LogP contribution in [0.2, 0.25) is 0 Å². The van der Waals surface area contributed by atoms with Crippen LogP contribution in [0.4, 0.5) is 4.79 Å². The second-order valence-electron chi connectivity index (χ2n) is 4.95. The van der Waals surface area contributed by atoms with Crippen LogP contribution in [0.1, 0.15) is 27.7 Å². The minimum Gasteiger partial charge on any atom is -0.480 e. The maximum atomic E-state index is 11.5. The third kappa shape index (κ3) is 8.51. The van der Waals surface area contributed by atoms with Crippen molar-refractivity contribution < 1.29 is 19.5 Å². The molecule has 0 saturated carbocycles. The Balaban J connectivity index is 4.17. The molecule has 0 rings (SSSR count). The van der Waals surface area contributed by atoms with E-state index in [9.17, 15) is 14.4 Å². The van der Waals surface area contributed by atoms with E-state index in [0.29, 0.717) is 6.54 Å². The van der Waals surface area contributed by atoms with Gasteiger partial charge in [-0.25, -0.2) is 4.79 Å². The lowest BCUT2D eigenvalue weighted by Gasteiger charge is -2.21. The van der Waals surface area contributed by atoms with Gasteiger partial charge in [-0.15, -0.1) is 0 Å². The number of aliphatic carboxylic acids is 1. The Hall–Kier alpha value is -1.63. The Morgan fingerprint density at radius 3 is 2.11 bits per heavy atom. The molecule has 0 atom stereocenters. The van der Waals surface area contributed by atoms with Gasteiger partial charge in [0.15, 0.2) is 0 Å². The summed E-state index contributed by atoms with van der Waals surface area (Å²) in [7, 11) is 0. The highest BCUT2D eigenvalue weighted by Crippen LogP contribution is 1.97. The number of nitrogens with one attached hydrogen (secondary N) is 2. The molecule has 18 heavy (non-hydrogen) atoms. The fourth-order valence-corrected chi connectivity index (χ4v) is 1.21. The molecular weight excluding hydrogens is 238 g/mol. The van der Waals surface area contributed by atoms with Crippen LogP contribution in [0, 0.1) is 0 Å². The van der Waals surface area contributed by atoms with Crippen molar-refractivity contribution in [3.8, 4) is 0 Å². The van der Waals surface area contributed by atoms with Gasteiger partial charge >= 0.3 is 12.0 Å². The number of hydrogen-bond donors (Lipinski definition) is 3. The summed E-state index contributed by atoms with van der Waals surface area (Å²) in [6, 6.07) is -0.584. The summed E-state index contributed by atoms with van der Waals surface area (Å²) in [4.78, 5) is 34.8. The molecule has 0 aromatic heterocycles. The minimum absolute atomic E-state index is 0.125. The fourth-order valence-electron chi connectivity index (χ4n) is 1.21. The predicted octanol–water partition coefficient (Wildman–Crippen LogP) is 0.0172. The number of urea groups is 1. The van der Waals surface area contributed by atoms with Gasteiger partial charge in [0.2, 0.25) is 5.91 Å². The second kappa shape index (κ2) is 6.95. The largest absolute Gasteiger partial charge is 0.480 e. The van der Waals surface area contributed by atoms with Crippen molar-refractivity contribution in [3.05, 3.63) is 0 Å². The molecule has 7 nitrogen and oxygen atoms in total. The van der Waals surface area contributed by atoms with Crippen molar-refractivity contribution in [2.75, 3.05) is 19.6 Å². The highest BCUT2D eigenvalue weighted by atomic mass is 16.4. The van der Waals surface area contributed by atoms with Crippen LogP contribution in [0.3, 0.4) is 0 Å². The van der Waals surface area contributed by atoms with E-state index in [-0.39, 0.29) is 13.1 Å². The van der Waals surface area contributed by atoms with Crippen molar-refractivity contribution in [1.29, 1.82) is 0 Å². The molecule has 7 heteroatoms. The van der Waals surface area contributed by atoms with Crippen LogP contribution >= 0.6 is 0 Å². The third-order valence-corrected chi connectivity index (χ3v) is 1.91. The molecule has 0 radical (unpaired) electrons. The molecule has 104 valence electrons. The summed E-state index contributed by atoms with van der Waals surface area (Å²) in [5, 5.41) is 13.3. The zero-order valence-corrected chi connectivity index (χ0v) is 11.2. The van der Waals surface area contributed by atoms with Crippen LogP contribution < -0.4 is 10.6 Å². The highest BCUT2D eigenvalue weighted by molar-refractivity contribution is 5.95. The molecule has 0 fully saturated rings. The molecule has 3 amide bonds. The van der Waals surface area contributed by atoms with Gasteiger partial charge in [-0.1, -0.05) is 6.92 Å².